The maximum absolute atomic E-state index is 14.1. The summed E-state index contributed by atoms with van der Waals surface area (Å²) in [5.41, 5.74) is 13.5. The third kappa shape index (κ3) is 11.4. The number of benzene rings is 8. The number of hydrogen-bond acceptors (Lipinski definition) is 14. The van der Waals surface area contributed by atoms with Gasteiger partial charge in [-0.05, 0) is 95.1 Å². The van der Waals surface area contributed by atoms with Gasteiger partial charge >= 0.3 is 0 Å². The van der Waals surface area contributed by atoms with Gasteiger partial charge in [-0.25, -0.2) is 19.3 Å². The normalized spacial score (nSPS) is 11.4. The van der Waals surface area contributed by atoms with Crippen LogP contribution in [0.4, 0.5) is 10.3 Å². The van der Waals surface area contributed by atoms with Crippen LogP contribution in [0.1, 0.15) is 55.8 Å². The molecule has 0 radical (unpaired) electrons. The number of para-hydroxylation sites is 4. The fourth-order valence-electron chi connectivity index (χ4n) is 9.04. The number of fused-ring (bicyclic) bond motifs is 2. The third-order valence-electron chi connectivity index (χ3n) is 13.1. The van der Waals surface area contributed by atoms with E-state index in [1.165, 1.54) is 22.7 Å². The molecule has 0 spiro atoms. The lowest BCUT2D eigenvalue weighted by atomic mass is 10.00. The Morgan fingerprint density at radius 2 is 0.875 bits per heavy atom. The van der Waals surface area contributed by atoms with E-state index < -0.39 is 0 Å². The molecule has 12 aromatic rings. The largest absolute Gasteiger partial charge is 0.493 e. The Morgan fingerprint density at radius 1 is 0.475 bits per heavy atom. The number of ketones is 2. The first kappa shape index (κ1) is 50.6. The lowest BCUT2D eigenvalue weighted by molar-refractivity contribution is 0.103. The lowest BCUT2D eigenvalue weighted by Gasteiger charge is -2.10. The number of thiazole rings is 2. The fourth-order valence-corrected chi connectivity index (χ4v) is 10.3. The molecule has 0 saturated carbocycles. The van der Waals surface area contributed by atoms with Crippen molar-refractivity contribution in [1.82, 2.24) is 29.5 Å². The van der Waals surface area contributed by atoms with Crippen LogP contribution < -0.4 is 20.3 Å². The Kier molecular flexibility index (Phi) is 14.9. The highest BCUT2D eigenvalue weighted by molar-refractivity contribution is 7.14. The summed E-state index contributed by atoms with van der Waals surface area (Å²) in [7, 11) is 0. The second-order valence-corrected chi connectivity index (χ2v) is 20.1. The van der Waals surface area contributed by atoms with E-state index in [2.05, 4.69) is 21.1 Å². The van der Waals surface area contributed by atoms with Crippen LogP contribution in [0.25, 0.3) is 55.7 Å². The van der Waals surface area contributed by atoms with Gasteiger partial charge in [0.05, 0.1) is 48.1 Å². The Bertz CT molecular complexity index is 3950. The van der Waals surface area contributed by atoms with E-state index in [0.29, 0.717) is 80.0 Å². The average molecular weight is 1090 g/mol. The SMILES string of the molecule is O=C(c1ccc2ccccc2c1)c1cn(-c2ccccc2)nc1-c1csc(NN=Cc2ccccc2OCCCCOc2ccccc2C=NNc2nc(-c3nn(-c4ccccc4)cc3C(=O)c3ccc4ccccc4c3)cs2)n1. The van der Waals surface area contributed by atoms with Gasteiger partial charge in [0.15, 0.2) is 11.6 Å². The molecule has 0 amide bonds. The molecule has 14 nitrogen and oxygen atoms in total. The van der Waals surface area contributed by atoms with E-state index in [0.717, 1.165) is 56.9 Å². The van der Waals surface area contributed by atoms with Gasteiger partial charge in [-0.15, -0.1) is 22.7 Å². The van der Waals surface area contributed by atoms with Gasteiger partial charge in [-0.2, -0.15) is 20.4 Å². The quantitative estimate of drug-likeness (QED) is 0.0306. The number of ether oxygens (including phenoxy) is 2. The van der Waals surface area contributed by atoms with E-state index in [1.807, 2.05) is 205 Å². The van der Waals surface area contributed by atoms with Crippen LogP contribution >= 0.6 is 22.7 Å². The highest BCUT2D eigenvalue weighted by Gasteiger charge is 2.24. The van der Waals surface area contributed by atoms with Crippen molar-refractivity contribution in [2.45, 2.75) is 12.8 Å². The van der Waals surface area contributed by atoms with Crippen LogP contribution in [-0.2, 0) is 0 Å². The molecule has 0 aliphatic heterocycles. The summed E-state index contributed by atoms with van der Waals surface area (Å²) in [4.78, 5) is 37.9. The second-order valence-electron chi connectivity index (χ2n) is 18.4. The summed E-state index contributed by atoms with van der Waals surface area (Å²) in [6, 6.07) is 62.2. The lowest BCUT2D eigenvalue weighted by Crippen LogP contribution is -2.05. The number of hydrogen-bond donors (Lipinski definition) is 2. The zero-order chi connectivity index (χ0) is 54.0. The summed E-state index contributed by atoms with van der Waals surface area (Å²) in [6.07, 6.45) is 8.44. The average Bonchev–Trinajstić information content (AvgIpc) is 4.37. The zero-order valence-corrected chi connectivity index (χ0v) is 44.4. The molecule has 0 saturated heterocycles. The predicted octanol–water partition coefficient (Wildman–Crippen LogP) is 14.2. The number of unbranched alkanes of at least 4 members (excludes halogenated alkanes) is 1. The third-order valence-corrected chi connectivity index (χ3v) is 14.6. The van der Waals surface area contributed by atoms with Gasteiger partial charge in [0.25, 0.3) is 0 Å². The van der Waals surface area contributed by atoms with Crippen molar-refractivity contribution in [3.63, 3.8) is 0 Å². The van der Waals surface area contributed by atoms with Crippen molar-refractivity contribution >= 4 is 78.5 Å². The molecule has 2 N–H and O–H groups in total. The number of hydrazone groups is 2. The van der Waals surface area contributed by atoms with Crippen molar-refractivity contribution < 1.29 is 19.1 Å². The molecule has 0 aliphatic carbocycles. The summed E-state index contributed by atoms with van der Waals surface area (Å²) < 4.78 is 15.9. The van der Waals surface area contributed by atoms with Crippen molar-refractivity contribution in [1.29, 1.82) is 0 Å². The summed E-state index contributed by atoms with van der Waals surface area (Å²) in [5, 5.41) is 27.6. The predicted molar refractivity (Wildman–Crippen MR) is 320 cm³/mol. The van der Waals surface area contributed by atoms with Crippen LogP contribution in [0.15, 0.2) is 227 Å². The minimum atomic E-state index is -0.142. The summed E-state index contributed by atoms with van der Waals surface area (Å²) >= 11 is 2.74. The van der Waals surface area contributed by atoms with E-state index in [1.54, 1.807) is 34.2 Å². The number of aromatic nitrogens is 6. The van der Waals surface area contributed by atoms with E-state index >= 15 is 0 Å². The van der Waals surface area contributed by atoms with Gasteiger partial charge in [-0.1, -0.05) is 133 Å². The second kappa shape index (κ2) is 23.6. The monoisotopic (exact) mass is 1080 g/mol. The molecule has 0 unspecified atom stereocenters. The molecule has 4 heterocycles. The summed E-state index contributed by atoms with van der Waals surface area (Å²) in [6.45, 7) is 0.948. The molecular weight excluding hydrogens is 1040 g/mol. The van der Waals surface area contributed by atoms with Gasteiger partial charge in [0.1, 0.15) is 34.3 Å². The smallest absolute Gasteiger partial charge is 0.203 e. The van der Waals surface area contributed by atoms with Crippen LogP contribution in [-0.4, -0.2) is 66.7 Å². The minimum absolute atomic E-state index is 0.142. The molecular formula is C64H48N10O4S2. The van der Waals surface area contributed by atoms with E-state index in [9.17, 15) is 9.59 Å². The van der Waals surface area contributed by atoms with Crippen LogP contribution in [0.3, 0.4) is 0 Å². The Hall–Kier alpha value is -10.2. The highest BCUT2D eigenvalue weighted by atomic mass is 32.1. The Labute approximate surface area is 468 Å². The van der Waals surface area contributed by atoms with Gasteiger partial charge < -0.3 is 9.47 Å². The Morgan fingerprint density at radius 3 is 1.32 bits per heavy atom. The fraction of sp³-hybridized carbons (Fsp3) is 0.0625. The molecule has 0 bridgehead atoms. The molecule has 0 atom stereocenters. The number of carbonyl (C=O) groups is 2. The minimum Gasteiger partial charge on any atom is -0.493 e. The first-order valence-corrected chi connectivity index (χ1v) is 27.5. The van der Waals surface area contributed by atoms with Crippen molar-refractivity contribution in [2.24, 2.45) is 10.2 Å². The molecule has 16 heteroatoms. The van der Waals surface area contributed by atoms with E-state index in [4.69, 9.17) is 29.6 Å². The van der Waals surface area contributed by atoms with E-state index in [-0.39, 0.29) is 11.6 Å². The van der Waals surface area contributed by atoms with Crippen LogP contribution in [0.5, 0.6) is 11.5 Å². The molecule has 4 aromatic heterocycles. The standard InChI is InChI=1S/C64H48N10O4S2/c75-61(47-31-29-43-17-7-9-19-45(43)35-47)53-39-73(51-23-3-1-4-24-51)71-59(53)55-41-79-63(67-55)69-65-37-49-21-11-13-27-57(49)77-33-15-16-34-78-58-28-14-12-22-50(58)38-66-70-64-68-56(42-80-64)60-54(40-74(72-60)52-25-5-2-6-26-52)62(76)48-32-30-44-18-8-10-20-46(44)36-48/h1-14,17-32,35-42H,15-16,33-34H2,(H,67,69)(H,68,70). The maximum atomic E-state index is 14.1. The highest BCUT2D eigenvalue weighted by Crippen LogP contribution is 2.32. The van der Waals surface area contributed by atoms with Gasteiger partial charge in [-0.3, -0.25) is 20.4 Å². The molecule has 8 aromatic carbocycles. The molecule has 80 heavy (non-hydrogen) atoms. The van der Waals surface area contributed by atoms with Gasteiger partial charge in [0.2, 0.25) is 10.3 Å². The van der Waals surface area contributed by atoms with Crippen LogP contribution in [0, 0.1) is 0 Å². The number of anilines is 2. The molecule has 0 fully saturated rings. The number of nitrogens with zero attached hydrogens (tertiary/aromatic N) is 8. The summed E-state index contributed by atoms with van der Waals surface area (Å²) in [5.74, 6) is 1.10. The maximum Gasteiger partial charge on any atom is 0.203 e. The zero-order valence-electron chi connectivity index (χ0n) is 42.8. The first-order chi connectivity index (χ1) is 39.5. The van der Waals surface area contributed by atoms with Gasteiger partial charge in [0, 0.05) is 45.4 Å². The number of rotatable bonds is 21. The molecule has 12 rings (SSSR count). The van der Waals surface area contributed by atoms with Crippen LogP contribution in [0.2, 0.25) is 0 Å². The van der Waals surface area contributed by atoms with Crippen molar-refractivity contribution in [2.75, 3.05) is 24.1 Å². The number of carbonyl (C=O) groups excluding carboxylic acids is 2. The Balaban J connectivity index is 0.643. The molecule has 390 valence electrons. The molecule has 0 aliphatic rings. The first-order valence-electron chi connectivity index (χ1n) is 25.8. The topological polar surface area (TPSA) is 163 Å². The van der Waals surface area contributed by atoms with Crippen molar-refractivity contribution in [3.8, 4) is 45.6 Å². The number of nitrogens with one attached hydrogen (secondary N) is 2. The van der Waals surface area contributed by atoms with Crippen molar-refractivity contribution in [3.05, 3.63) is 251 Å².